The number of aryl methyl sites for hydroxylation is 1. The lowest BCUT2D eigenvalue weighted by molar-refractivity contribution is 0.0991. The number of rotatable bonds is 12. The van der Waals surface area contributed by atoms with Crippen LogP contribution < -0.4 is 9.47 Å². The number of ether oxygens (including phenoxy) is 2. The van der Waals surface area contributed by atoms with Crippen LogP contribution in [-0.2, 0) is 6.42 Å². The number of H-pyrrole nitrogens is 1. The standard InChI is InChI=1S/C35H44N4O2.3ClH/c1-5-10-33-34(37-35(36-33)29-13-9-14-31(25-29)41-4)26(2)39-23-21-38(22-24-39)20-19-32(27-11-7-6-8-12-27)28-15-17-30(40-3)18-16-28;;;/h6-9,11-18,25-26,32H,5,10,19-24H2,1-4H3,(H,36,37);3*1H. The van der Waals surface area contributed by atoms with Crippen molar-refractivity contribution in [3.05, 3.63) is 101 Å². The van der Waals surface area contributed by atoms with Gasteiger partial charge >= 0.3 is 0 Å². The average molecular weight is 662 g/mol. The number of piperazine rings is 1. The van der Waals surface area contributed by atoms with E-state index < -0.39 is 0 Å². The molecule has 4 aromatic rings. The van der Waals surface area contributed by atoms with Crippen molar-refractivity contribution < 1.29 is 9.47 Å². The van der Waals surface area contributed by atoms with Gasteiger partial charge in [-0.1, -0.05) is 67.9 Å². The quantitative estimate of drug-likeness (QED) is 0.166. The average Bonchev–Trinajstić information content (AvgIpc) is 3.46. The first-order valence-corrected chi connectivity index (χ1v) is 15.0. The Morgan fingerprint density at radius 3 is 2.09 bits per heavy atom. The fraction of sp³-hybridized carbons (Fsp3) is 0.400. The number of hydrogen-bond donors (Lipinski definition) is 1. The van der Waals surface area contributed by atoms with Crippen LogP contribution in [0.25, 0.3) is 11.4 Å². The van der Waals surface area contributed by atoms with Crippen LogP contribution in [0.15, 0.2) is 78.9 Å². The van der Waals surface area contributed by atoms with Crippen molar-refractivity contribution >= 4 is 37.2 Å². The maximum absolute atomic E-state index is 5.45. The number of imidazole rings is 1. The van der Waals surface area contributed by atoms with Crippen LogP contribution in [0.1, 0.15) is 61.2 Å². The highest BCUT2D eigenvalue weighted by Crippen LogP contribution is 2.31. The third kappa shape index (κ3) is 9.15. The number of nitrogens with zero attached hydrogens (tertiary/aromatic N) is 3. The van der Waals surface area contributed by atoms with Gasteiger partial charge < -0.3 is 19.4 Å². The topological polar surface area (TPSA) is 53.6 Å². The predicted octanol–water partition coefficient (Wildman–Crippen LogP) is 8.21. The lowest BCUT2D eigenvalue weighted by atomic mass is 9.88. The summed E-state index contributed by atoms with van der Waals surface area (Å²) in [5, 5.41) is 0. The monoisotopic (exact) mass is 660 g/mol. The molecule has 0 radical (unpaired) electrons. The Balaban J connectivity index is 0.00000225. The Kier molecular flexibility index (Phi) is 15.6. The number of aromatic amines is 1. The molecule has 0 bridgehead atoms. The van der Waals surface area contributed by atoms with Crippen LogP contribution in [0, 0.1) is 0 Å². The van der Waals surface area contributed by atoms with Crippen LogP contribution in [0.5, 0.6) is 11.5 Å². The summed E-state index contributed by atoms with van der Waals surface area (Å²) >= 11 is 0. The Morgan fingerprint density at radius 1 is 0.795 bits per heavy atom. The van der Waals surface area contributed by atoms with Crippen LogP contribution in [0.4, 0.5) is 0 Å². The molecule has 1 N–H and O–H groups in total. The van der Waals surface area contributed by atoms with Gasteiger partial charge in [0.2, 0.25) is 0 Å². The van der Waals surface area contributed by atoms with E-state index in [-0.39, 0.29) is 43.3 Å². The van der Waals surface area contributed by atoms with Gasteiger partial charge in [-0.15, -0.1) is 37.2 Å². The number of halogens is 3. The first-order chi connectivity index (χ1) is 20.1. The van der Waals surface area contributed by atoms with Gasteiger partial charge in [-0.25, -0.2) is 4.98 Å². The lowest BCUT2D eigenvalue weighted by Crippen LogP contribution is -2.47. The summed E-state index contributed by atoms with van der Waals surface area (Å²) in [6, 6.07) is 27.9. The second kappa shape index (κ2) is 18.3. The van der Waals surface area contributed by atoms with E-state index in [1.54, 1.807) is 14.2 Å². The third-order valence-electron chi connectivity index (χ3n) is 8.46. The van der Waals surface area contributed by atoms with E-state index in [2.05, 4.69) is 95.4 Å². The molecule has 1 aliphatic rings. The zero-order valence-corrected chi connectivity index (χ0v) is 28.6. The van der Waals surface area contributed by atoms with Crippen LogP contribution >= 0.6 is 37.2 Å². The first kappa shape index (κ1) is 37.4. The molecule has 2 atom stereocenters. The van der Waals surface area contributed by atoms with Crippen molar-refractivity contribution in [1.82, 2.24) is 19.8 Å². The summed E-state index contributed by atoms with van der Waals surface area (Å²) < 4.78 is 10.8. The molecule has 0 spiro atoms. The van der Waals surface area contributed by atoms with E-state index in [9.17, 15) is 0 Å². The number of nitrogens with one attached hydrogen (secondary N) is 1. The minimum Gasteiger partial charge on any atom is -0.497 e. The number of benzene rings is 3. The largest absolute Gasteiger partial charge is 0.497 e. The van der Waals surface area contributed by atoms with Crippen molar-refractivity contribution in [2.45, 2.75) is 45.1 Å². The number of hydrogen-bond acceptors (Lipinski definition) is 5. The maximum atomic E-state index is 5.45. The van der Waals surface area contributed by atoms with E-state index in [0.717, 1.165) is 74.9 Å². The minimum absolute atomic E-state index is 0. The van der Waals surface area contributed by atoms with Crippen molar-refractivity contribution in [2.24, 2.45) is 0 Å². The van der Waals surface area contributed by atoms with E-state index in [1.807, 2.05) is 12.1 Å². The van der Waals surface area contributed by atoms with Gasteiger partial charge in [0.25, 0.3) is 0 Å². The summed E-state index contributed by atoms with van der Waals surface area (Å²) in [5.41, 5.74) is 6.22. The zero-order chi connectivity index (χ0) is 28.6. The van der Waals surface area contributed by atoms with Gasteiger partial charge in [0.15, 0.2) is 0 Å². The maximum Gasteiger partial charge on any atom is 0.138 e. The summed E-state index contributed by atoms with van der Waals surface area (Å²) in [7, 11) is 3.43. The Morgan fingerprint density at radius 2 is 1.45 bits per heavy atom. The second-order valence-electron chi connectivity index (χ2n) is 11.0. The third-order valence-corrected chi connectivity index (χ3v) is 8.46. The Hall–Kier alpha value is -2.74. The van der Waals surface area contributed by atoms with Crippen molar-refractivity contribution in [2.75, 3.05) is 46.9 Å². The summed E-state index contributed by atoms with van der Waals surface area (Å²) in [5.74, 6) is 3.05. The molecule has 2 unspecified atom stereocenters. The van der Waals surface area contributed by atoms with Crippen molar-refractivity contribution in [3.8, 4) is 22.9 Å². The van der Waals surface area contributed by atoms with Crippen molar-refractivity contribution in [3.63, 3.8) is 0 Å². The van der Waals surface area contributed by atoms with E-state index in [0.29, 0.717) is 5.92 Å². The Bertz CT molecular complexity index is 1380. The molecule has 0 amide bonds. The fourth-order valence-electron chi connectivity index (χ4n) is 6.02. The molecule has 1 fully saturated rings. The molecule has 1 aliphatic heterocycles. The van der Waals surface area contributed by atoms with Gasteiger partial charge in [-0.2, -0.15) is 0 Å². The number of methoxy groups -OCH3 is 2. The molecule has 6 nitrogen and oxygen atoms in total. The zero-order valence-electron chi connectivity index (χ0n) is 26.2. The highest BCUT2D eigenvalue weighted by molar-refractivity contribution is 5.86. The van der Waals surface area contributed by atoms with Crippen LogP contribution in [-0.4, -0.2) is 66.7 Å². The SMILES string of the molecule is CCCc1[nH]c(-c2cccc(OC)c2)nc1C(C)N1CCN(CCC(c2ccccc2)c2ccc(OC)cc2)CC1.Cl.Cl.Cl. The molecular weight excluding hydrogens is 615 g/mol. The molecule has 0 aliphatic carbocycles. The van der Waals surface area contributed by atoms with E-state index >= 15 is 0 Å². The second-order valence-corrected chi connectivity index (χ2v) is 11.0. The van der Waals surface area contributed by atoms with Crippen LogP contribution in [0.2, 0.25) is 0 Å². The molecule has 3 aromatic carbocycles. The Labute approximate surface area is 281 Å². The first-order valence-electron chi connectivity index (χ1n) is 15.0. The van der Waals surface area contributed by atoms with E-state index in [4.69, 9.17) is 14.5 Å². The molecule has 9 heteroatoms. The summed E-state index contributed by atoms with van der Waals surface area (Å²) in [6.07, 6.45) is 3.18. The van der Waals surface area contributed by atoms with Gasteiger partial charge in [0.05, 0.1) is 26.0 Å². The van der Waals surface area contributed by atoms with Gasteiger partial charge in [-0.3, -0.25) is 4.90 Å². The van der Waals surface area contributed by atoms with Gasteiger partial charge in [0, 0.05) is 43.4 Å². The summed E-state index contributed by atoms with van der Waals surface area (Å²) in [4.78, 5) is 14.0. The number of aromatic nitrogens is 2. The minimum atomic E-state index is 0. The molecular formula is C35H47Cl3N4O2. The van der Waals surface area contributed by atoms with Gasteiger partial charge in [0.1, 0.15) is 17.3 Å². The highest BCUT2D eigenvalue weighted by Gasteiger charge is 2.27. The highest BCUT2D eigenvalue weighted by atomic mass is 35.5. The summed E-state index contributed by atoms with van der Waals surface area (Å²) in [6.45, 7) is 9.87. The molecule has 5 rings (SSSR count). The fourth-order valence-corrected chi connectivity index (χ4v) is 6.02. The predicted molar refractivity (Wildman–Crippen MR) is 189 cm³/mol. The normalized spacial score (nSPS) is 14.8. The van der Waals surface area contributed by atoms with Gasteiger partial charge in [-0.05, 0) is 61.7 Å². The molecule has 1 saturated heterocycles. The van der Waals surface area contributed by atoms with Crippen LogP contribution in [0.3, 0.4) is 0 Å². The lowest BCUT2D eigenvalue weighted by Gasteiger charge is -2.38. The molecule has 44 heavy (non-hydrogen) atoms. The smallest absolute Gasteiger partial charge is 0.138 e. The molecule has 240 valence electrons. The van der Waals surface area contributed by atoms with Crippen molar-refractivity contribution in [1.29, 1.82) is 0 Å². The molecule has 1 aromatic heterocycles. The van der Waals surface area contributed by atoms with E-state index in [1.165, 1.54) is 22.5 Å². The molecule has 0 saturated carbocycles. The molecule has 2 heterocycles.